The molecular weight excluding hydrogens is 267 g/mol. The number of aromatic nitrogens is 1. The Morgan fingerprint density at radius 1 is 1.10 bits per heavy atom. The summed E-state index contributed by atoms with van der Waals surface area (Å²) < 4.78 is 37.1. The van der Waals surface area contributed by atoms with Crippen molar-refractivity contribution in [2.75, 3.05) is 5.32 Å². The summed E-state index contributed by atoms with van der Waals surface area (Å²) in [4.78, 5) is 3.71. The largest absolute Gasteiger partial charge is 0.417 e. The maximum Gasteiger partial charge on any atom is 0.417 e. The molecule has 0 aliphatic carbocycles. The van der Waals surface area contributed by atoms with Gasteiger partial charge in [-0.2, -0.15) is 18.4 Å². The van der Waals surface area contributed by atoms with E-state index >= 15 is 0 Å². The van der Waals surface area contributed by atoms with Crippen molar-refractivity contribution < 1.29 is 13.2 Å². The molecule has 0 aliphatic rings. The zero-order valence-electron chi connectivity index (χ0n) is 10.3. The molecule has 102 valence electrons. The average Bonchev–Trinajstić information content (AvgIpc) is 2.45. The second kappa shape index (κ2) is 5.61. The Labute approximate surface area is 113 Å². The molecule has 2 rings (SSSR count). The first kappa shape index (κ1) is 13.9. The van der Waals surface area contributed by atoms with Crippen LogP contribution in [-0.4, -0.2) is 4.98 Å². The third-order valence-corrected chi connectivity index (χ3v) is 2.65. The molecule has 0 atom stereocenters. The predicted molar refractivity (Wildman–Crippen MR) is 67.7 cm³/mol. The second-order valence-electron chi connectivity index (χ2n) is 4.09. The summed E-state index contributed by atoms with van der Waals surface area (Å²) in [5, 5.41) is 11.6. The summed E-state index contributed by atoms with van der Waals surface area (Å²) in [5.74, 6) is 0.363. The second-order valence-corrected chi connectivity index (χ2v) is 4.09. The van der Waals surface area contributed by atoms with Crippen LogP contribution in [0.15, 0.2) is 42.6 Å². The van der Waals surface area contributed by atoms with E-state index in [1.165, 1.54) is 6.07 Å². The number of rotatable bonds is 3. The highest BCUT2D eigenvalue weighted by Gasteiger charge is 2.30. The van der Waals surface area contributed by atoms with E-state index in [0.717, 1.165) is 17.8 Å². The zero-order chi connectivity index (χ0) is 14.6. The number of pyridine rings is 1. The molecule has 1 aromatic heterocycles. The first-order chi connectivity index (χ1) is 9.49. The molecule has 3 nitrogen and oxygen atoms in total. The third kappa shape index (κ3) is 3.48. The van der Waals surface area contributed by atoms with Crippen LogP contribution >= 0.6 is 0 Å². The van der Waals surface area contributed by atoms with Crippen LogP contribution in [0.5, 0.6) is 0 Å². The van der Waals surface area contributed by atoms with Crippen LogP contribution in [-0.2, 0) is 12.7 Å². The number of hydrogen-bond donors (Lipinski definition) is 1. The number of halogens is 3. The number of alkyl halides is 3. The van der Waals surface area contributed by atoms with Gasteiger partial charge in [-0.15, -0.1) is 0 Å². The minimum atomic E-state index is -4.38. The number of hydrogen-bond acceptors (Lipinski definition) is 3. The van der Waals surface area contributed by atoms with E-state index in [4.69, 9.17) is 5.26 Å². The molecule has 0 bridgehead atoms. The predicted octanol–water partition coefficient (Wildman–Crippen LogP) is 3.58. The number of anilines is 1. The molecule has 2 aromatic rings. The monoisotopic (exact) mass is 277 g/mol. The van der Waals surface area contributed by atoms with Gasteiger partial charge < -0.3 is 5.32 Å². The molecule has 20 heavy (non-hydrogen) atoms. The highest BCUT2D eigenvalue weighted by Crippen LogP contribution is 2.28. The van der Waals surface area contributed by atoms with Crippen LogP contribution in [0.1, 0.15) is 16.7 Å². The van der Waals surface area contributed by atoms with E-state index in [2.05, 4.69) is 10.3 Å². The van der Waals surface area contributed by atoms with Gasteiger partial charge >= 0.3 is 6.18 Å². The Hall–Kier alpha value is -2.55. The highest BCUT2D eigenvalue weighted by molar-refractivity contribution is 5.38. The van der Waals surface area contributed by atoms with Crippen molar-refractivity contribution in [2.24, 2.45) is 0 Å². The van der Waals surface area contributed by atoms with Gasteiger partial charge in [-0.3, -0.25) is 0 Å². The number of nitrogens with one attached hydrogen (secondary N) is 1. The fourth-order valence-electron chi connectivity index (χ4n) is 1.56. The molecule has 6 heteroatoms. The lowest BCUT2D eigenvalue weighted by atomic mass is 10.1. The number of nitrogens with zero attached hydrogens (tertiary/aromatic N) is 2. The molecular formula is C14H10F3N3. The summed E-state index contributed by atoms with van der Waals surface area (Å²) in [6, 6.07) is 11.2. The quantitative estimate of drug-likeness (QED) is 0.932. The Balaban J connectivity index is 1.98. The molecule has 0 fully saturated rings. The Bertz CT molecular complexity index is 610. The lowest BCUT2D eigenvalue weighted by Crippen LogP contribution is -2.07. The van der Waals surface area contributed by atoms with Crippen molar-refractivity contribution in [1.82, 2.24) is 4.98 Å². The normalized spacial score (nSPS) is 10.9. The molecule has 0 amide bonds. The molecule has 1 N–H and O–H groups in total. The van der Waals surface area contributed by atoms with E-state index in [-0.39, 0.29) is 0 Å². The van der Waals surface area contributed by atoms with Gasteiger partial charge in [0.15, 0.2) is 0 Å². The maximum absolute atomic E-state index is 12.4. The Kier molecular flexibility index (Phi) is 3.89. The lowest BCUT2D eigenvalue weighted by Gasteiger charge is -2.08. The van der Waals surface area contributed by atoms with Gasteiger partial charge in [0, 0.05) is 12.7 Å². The third-order valence-electron chi connectivity index (χ3n) is 2.65. The summed E-state index contributed by atoms with van der Waals surface area (Å²) in [5.41, 5.74) is 0.688. The van der Waals surface area contributed by atoms with Gasteiger partial charge in [0.2, 0.25) is 0 Å². The van der Waals surface area contributed by atoms with Gasteiger partial charge in [0.25, 0.3) is 0 Å². The topological polar surface area (TPSA) is 48.7 Å². The van der Waals surface area contributed by atoms with Crippen LogP contribution in [0.25, 0.3) is 0 Å². The fraction of sp³-hybridized carbons (Fsp3) is 0.143. The highest BCUT2D eigenvalue weighted by atomic mass is 19.4. The van der Waals surface area contributed by atoms with Crippen molar-refractivity contribution in [3.05, 3.63) is 59.3 Å². The minimum Gasteiger partial charge on any atom is -0.366 e. The zero-order valence-corrected chi connectivity index (χ0v) is 10.3. The van der Waals surface area contributed by atoms with Crippen molar-refractivity contribution in [3.63, 3.8) is 0 Å². The molecule has 0 spiro atoms. The average molecular weight is 277 g/mol. The maximum atomic E-state index is 12.4. The smallest absolute Gasteiger partial charge is 0.366 e. The summed E-state index contributed by atoms with van der Waals surface area (Å²) in [7, 11) is 0. The van der Waals surface area contributed by atoms with Crippen LogP contribution < -0.4 is 5.32 Å². The molecule has 0 saturated heterocycles. The fourth-order valence-corrected chi connectivity index (χ4v) is 1.56. The van der Waals surface area contributed by atoms with Crippen LogP contribution in [0, 0.1) is 11.3 Å². The number of nitriles is 1. The molecule has 1 aromatic carbocycles. The number of benzene rings is 1. The van der Waals surface area contributed by atoms with Gasteiger partial charge in [-0.05, 0) is 29.8 Å². The standard InChI is InChI=1S/C14H10F3N3/c15-14(16,17)12-5-6-13(20-9-12)19-8-11-3-1-10(7-18)2-4-11/h1-6,9H,8H2,(H,19,20). The van der Waals surface area contributed by atoms with Crippen LogP contribution in [0.4, 0.5) is 19.0 Å². The Morgan fingerprint density at radius 3 is 2.30 bits per heavy atom. The van der Waals surface area contributed by atoms with Crippen molar-refractivity contribution in [1.29, 1.82) is 5.26 Å². The van der Waals surface area contributed by atoms with Crippen LogP contribution in [0.3, 0.4) is 0 Å². The molecule has 0 radical (unpaired) electrons. The summed E-state index contributed by atoms with van der Waals surface area (Å²) in [6.07, 6.45) is -3.58. The molecule has 0 aliphatic heterocycles. The summed E-state index contributed by atoms with van der Waals surface area (Å²) >= 11 is 0. The SMILES string of the molecule is N#Cc1ccc(CNc2ccc(C(F)(F)F)cn2)cc1. The first-order valence-electron chi connectivity index (χ1n) is 5.75. The minimum absolute atomic E-state index is 0.363. The molecule has 0 saturated carbocycles. The van der Waals surface area contributed by atoms with E-state index in [1.807, 2.05) is 6.07 Å². The van der Waals surface area contributed by atoms with E-state index in [1.54, 1.807) is 24.3 Å². The van der Waals surface area contributed by atoms with Gasteiger partial charge in [0.1, 0.15) is 5.82 Å². The van der Waals surface area contributed by atoms with Crippen LogP contribution in [0.2, 0.25) is 0 Å². The summed E-state index contributed by atoms with van der Waals surface area (Å²) in [6.45, 7) is 0.421. The first-order valence-corrected chi connectivity index (χ1v) is 5.75. The van der Waals surface area contributed by atoms with Crippen molar-refractivity contribution >= 4 is 5.82 Å². The van der Waals surface area contributed by atoms with Crippen molar-refractivity contribution in [3.8, 4) is 6.07 Å². The Morgan fingerprint density at radius 2 is 1.80 bits per heavy atom. The van der Waals surface area contributed by atoms with E-state index < -0.39 is 11.7 Å². The van der Waals surface area contributed by atoms with Gasteiger partial charge in [0.05, 0.1) is 17.2 Å². The molecule has 0 unspecified atom stereocenters. The van der Waals surface area contributed by atoms with Gasteiger partial charge in [-0.25, -0.2) is 4.98 Å². The van der Waals surface area contributed by atoms with Gasteiger partial charge in [-0.1, -0.05) is 12.1 Å². The lowest BCUT2D eigenvalue weighted by molar-refractivity contribution is -0.137. The van der Waals surface area contributed by atoms with Crippen molar-refractivity contribution in [2.45, 2.75) is 12.7 Å². The van der Waals surface area contributed by atoms with E-state index in [9.17, 15) is 13.2 Å². The molecule has 1 heterocycles. The van der Waals surface area contributed by atoms with E-state index in [0.29, 0.717) is 17.9 Å².